The van der Waals surface area contributed by atoms with Crippen molar-refractivity contribution in [1.82, 2.24) is 4.72 Å². The summed E-state index contributed by atoms with van der Waals surface area (Å²) in [6.07, 6.45) is 0. The first-order valence-electron chi connectivity index (χ1n) is 6.53. The number of benzene rings is 2. The van der Waals surface area contributed by atoms with Gasteiger partial charge in [-0.15, -0.1) is 0 Å². The maximum Gasteiger partial charge on any atom is 0.306 e. The lowest BCUT2D eigenvalue weighted by atomic mass is 10.1. The summed E-state index contributed by atoms with van der Waals surface area (Å²) in [5.41, 5.74) is -0.840. The van der Waals surface area contributed by atoms with Gasteiger partial charge in [-0.25, -0.2) is 21.9 Å². The molecule has 2 rings (SSSR count). The highest BCUT2D eigenvalue weighted by Gasteiger charge is 2.23. The number of nitro benzene ring substituents is 1. The van der Waals surface area contributed by atoms with Crippen molar-refractivity contribution in [2.45, 2.75) is 17.9 Å². The molecule has 10 heteroatoms. The molecule has 0 heterocycles. The third-order valence-corrected chi connectivity index (χ3v) is 4.74. The Labute approximate surface area is 135 Å². The van der Waals surface area contributed by atoms with E-state index in [-0.39, 0.29) is 5.56 Å². The lowest BCUT2D eigenvalue weighted by molar-refractivity contribution is -0.387. The molecule has 0 fully saturated rings. The number of halogens is 3. The van der Waals surface area contributed by atoms with E-state index in [2.05, 4.69) is 4.72 Å². The van der Waals surface area contributed by atoms with Crippen LogP contribution in [-0.2, 0) is 10.0 Å². The van der Waals surface area contributed by atoms with Crippen LogP contribution in [0, 0.1) is 27.6 Å². The van der Waals surface area contributed by atoms with E-state index in [0.717, 1.165) is 18.2 Å². The van der Waals surface area contributed by atoms with Crippen LogP contribution >= 0.6 is 0 Å². The lowest BCUT2D eigenvalue weighted by Gasteiger charge is -2.15. The maximum absolute atomic E-state index is 13.3. The van der Waals surface area contributed by atoms with Gasteiger partial charge < -0.3 is 0 Å². The number of nitrogens with one attached hydrogen (secondary N) is 1. The van der Waals surface area contributed by atoms with Crippen LogP contribution in [-0.4, -0.2) is 13.3 Å². The summed E-state index contributed by atoms with van der Waals surface area (Å²) in [4.78, 5) is 9.12. The first-order chi connectivity index (χ1) is 11.1. The Bertz CT molecular complexity index is 903. The molecule has 6 nitrogen and oxygen atoms in total. The molecular formula is C14H11F3N2O4S. The molecule has 2 aromatic rings. The Hall–Kier alpha value is -2.46. The van der Waals surface area contributed by atoms with Gasteiger partial charge in [0.15, 0.2) is 11.6 Å². The van der Waals surface area contributed by atoms with Crippen LogP contribution < -0.4 is 4.72 Å². The van der Waals surface area contributed by atoms with Gasteiger partial charge in [-0.05, 0) is 36.8 Å². The fraction of sp³-hybridized carbons (Fsp3) is 0.143. The van der Waals surface area contributed by atoms with E-state index in [0.29, 0.717) is 12.1 Å². The molecule has 2 aromatic carbocycles. The first kappa shape index (κ1) is 17.9. The predicted molar refractivity (Wildman–Crippen MR) is 78.1 cm³/mol. The fourth-order valence-corrected chi connectivity index (χ4v) is 3.20. The number of hydrogen-bond donors (Lipinski definition) is 1. The van der Waals surface area contributed by atoms with Crippen LogP contribution in [0.3, 0.4) is 0 Å². The van der Waals surface area contributed by atoms with Crippen LogP contribution in [0.25, 0.3) is 0 Å². The van der Waals surface area contributed by atoms with E-state index < -0.39 is 49.0 Å². The Kier molecular flexibility index (Phi) is 4.90. The summed E-state index contributed by atoms with van der Waals surface area (Å²) in [5.74, 6) is -3.40. The third-order valence-electron chi connectivity index (χ3n) is 3.20. The van der Waals surface area contributed by atoms with Gasteiger partial charge in [0.1, 0.15) is 0 Å². The van der Waals surface area contributed by atoms with Crippen molar-refractivity contribution in [2.75, 3.05) is 0 Å². The van der Waals surface area contributed by atoms with Gasteiger partial charge in [0.05, 0.1) is 9.82 Å². The number of nitro groups is 1. The van der Waals surface area contributed by atoms with E-state index >= 15 is 0 Å². The molecule has 0 radical (unpaired) electrons. The van der Waals surface area contributed by atoms with Gasteiger partial charge >= 0.3 is 5.69 Å². The second-order valence-electron chi connectivity index (χ2n) is 4.89. The van der Waals surface area contributed by atoms with Gasteiger partial charge in [-0.2, -0.15) is 4.39 Å². The molecule has 24 heavy (non-hydrogen) atoms. The molecule has 0 unspecified atom stereocenters. The highest BCUT2D eigenvalue weighted by atomic mass is 32.2. The summed E-state index contributed by atoms with van der Waals surface area (Å²) in [6.45, 7) is 1.38. The zero-order chi connectivity index (χ0) is 18.1. The molecule has 0 saturated carbocycles. The SMILES string of the molecule is C[C@@H](NS(=O)(=O)c1ccc(F)c([N+](=O)[O-])c1)c1ccc(F)c(F)c1. The van der Waals surface area contributed by atoms with E-state index in [4.69, 9.17) is 0 Å². The van der Waals surface area contributed by atoms with E-state index in [1.54, 1.807) is 0 Å². The van der Waals surface area contributed by atoms with Crippen molar-refractivity contribution in [3.8, 4) is 0 Å². The van der Waals surface area contributed by atoms with Crippen LogP contribution in [0.1, 0.15) is 18.5 Å². The molecular weight excluding hydrogens is 349 g/mol. The van der Waals surface area contributed by atoms with Crippen LogP contribution in [0.2, 0.25) is 0 Å². The van der Waals surface area contributed by atoms with Crippen molar-refractivity contribution < 1.29 is 26.5 Å². The highest BCUT2D eigenvalue weighted by Crippen LogP contribution is 2.23. The van der Waals surface area contributed by atoms with Crippen molar-refractivity contribution >= 4 is 15.7 Å². The van der Waals surface area contributed by atoms with Gasteiger partial charge in [0, 0.05) is 12.1 Å². The topological polar surface area (TPSA) is 89.3 Å². The van der Waals surface area contributed by atoms with Gasteiger partial charge in [-0.3, -0.25) is 10.1 Å². The summed E-state index contributed by atoms with van der Waals surface area (Å²) in [7, 11) is -4.24. The van der Waals surface area contributed by atoms with Crippen molar-refractivity contribution in [1.29, 1.82) is 0 Å². The van der Waals surface area contributed by atoms with E-state index in [1.165, 1.54) is 13.0 Å². The second-order valence-corrected chi connectivity index (χ2v) is 6.60. The zero-order valence-electron chi connectivity index (χ0n) is 12.2. The number of nitrogens with zero attached hydrogens (tertiary/aromatic N) is 1. The number of rotatable bonds is 5. The molecule has 0 aromatic heterocycles. The quantitative estimate of drug-likeness (QED) is 0.656. The normalized spacial score (nSPS) is 12.8. The molecule has 0 bridgehead atoms. The lowest BCUT2D eigenvalue weighted by Crippen LogP contribution is -2.27. The smallest absolute Gasteiger partial charge is 0.258 e. The molecule has 1 N–H and O–H groups in total. The third kappa shape index (κ3) is 3.71. The Morgan fingerprint density at radius 1 is 1.04 bits per heavy atom. The molecule has 0 aliphatic rings. The minimum absolute atomic E-state index is 0.147. The van der Waals surface area contributed by atoms with Gasteiger partial charge in [0.25, 0.3) is 0 Å². The molecule has 1 atom stereocenters. The number of sulfonamides is 1. The summed E-state index contributed by atoms with van der Waals surface area (Å²) in [6, 6.07) is 4.02. The second kappa shape index (κ2) is 6.57. The monoisotopic (exact) mass is 360 g/mol. The van der Waals surface area contributed by atoms with Crippen molar-refractivity contribution in [2.24, 2.45) is 0 Å². The molecule has 0 aliphatic carbocycles. The standard InChI is InChI=1S/C14H11F3N2O4S/c1-8(9-2-4-11(15)13(17)6-9)18-24(22,23)10-3-5-12(16)14(7-10)19(20)21/h2-8,18H,1H3/t8-/m1/s1. The molecule has 0 amide bonds. The largest absolute Gasteiger partial charge is 0.306 e. The fourth-order valence-electron chi connectivity index (χ4n) is 1.95. The molecule has 128 valence electrons. The Morgan fingerprint density at radius 2 is 1.67 bits per heavy atom. The van der Waals surface area contributed by atoms with E-state index in [1.807, 2.05) is 0 Å². The molecule has 0 aliphatic heterocycles. The molecule has 0 saturated heterocycles. The van der Waals surface area contributed by atoms with Crippen LogP contribution in [0.15, 0.2) is 41.3 Å². The summed E-state index contributed by atoms with van der Waals surface area (Å²) >= 11 is 0. The highest BCUT2D eigenvalue weighted by molar-refractivity contribution is 7.89. The summed E-state index contributed by atoms with van der Waals surface area (Å²) < 4.78 is 66.0. The maximum atomic E-state index is 13.3. The minimum atomic E-state index is -4.24. The first-order valence-corrected chi connectivity index (χ1v) is 8.01. The Balaban J connectivity index is 2.32. The van der Waals surface area contributed by atoms with Crippen LogP contribution in [0.4, 0.5) is 18.9 Å². The summed E-state index contributed by atoms with van der Waals surface area (Å²) in [5, 5.41) is 10.7. The number of hydrogen-bond acceptors (Lipinski definition) is 4. The van der Waals surface area contributed by atoms with Gasteiger partial charge in [-0.1, -0.05) is 6.07 Å². The van der Waals surface area contributed by atoms with Gasteiger partial charge in [0.2, 0.25) is 15.8 Å². The van der Waals surface area contributed by atoms with E-state index in [9.17, 15) is 31.7 Å². The zero-order valence-corrected chi connectivity index (χ0v) is 13.0. The van der Waals surface area contributed by atoms with Crippen LogP contribution in [0.5, 0.6) is 0 Å². The predicted octanol–water partition coefficient (Wildman–Crippen LogP) is 3.05. The average Bonchev–Trinajstić information content (AvgIpc) is 2.49. The molecule has 0 spiro atoms. The Morgan fingerprint density at radius 3 is 2.25 bits per heavy atom. The van der Waals surface area contributed by atoms with Crippen molar-refractivity contribution in [3.05, 3.63) is 69.5 Å². The average molecular weight is 360 g/mol. The minimum Gasteiger partial charge on any atom is -0.258 e. The van der Waals surface area contributed by atoms with Crippen molar-refractivity contribution in [3.63, 3.8) is 0 Å².